The fourth-order valence-corrected chi connectivity index (χ4v) is 4.91. The maximum absolute atomic E-state index is 12.8. The third-order valence-corrected chi connectivity index (χ3v) is 7.11. The van der Waals surface area contributed by atoms with Crippen molar-refractivity contribution < 1.29 is 12.9 Å². The highest BCUT2D eigenvalue weighted by molar-refractivity contribution is 9.13. The van der Waals surface area contributed by atoms with E-state index in [9.17, 15) is 13.7 Å². The van der Waals surface area contributed by atoms with Crippen LogP contribution in [0.15, 0.2) is 18.4 Å². The highest BCUT2D eigenvalue weighted by atomic mass is 79.9. The summed E-state index contributed by atoms with van der Waals surface area (Å²) in [6.07, 6.45) is 0. The zero-order valence-corrected chi connectivity index (χ0v) is 14.7. The Morgan fingerprint density at radius 3 is 2.30 bits per heavy atom. The minimum Gasteiger partial charge on any atom is -0.360 e. The number of hydrogen-bond acceptors (Lipinski definition) is 5. The Bertz CT molecular complexity index is 824. The van der Waals surface area contributed by atoms with E-state index in [4.69, 9.17) is 4.52 Å². The van der Waals surface area contributed by atoms with Gasteiger partial charge in [0.25, 0.3) is 10.0 Å². The molecule has 0 aliphatic rings. The minimum absolute atomic E-state index is 0.00521. The molecule has 0 fully saturated rings. The van der Waals surface area contributed by atoms with Gasteiger partial charge in [0.05, 0.1) is 8.95 Å². The number of aromatic nitrogens is 2. The van der Waals surface area contributed by atoms with Crippen molar-refractivity contribution in [3.8, 4) is 6.07 Å². The van der Waals surface area contributed by atoms with Gasteiger partial charge in [0, 0.05) is 5.69 Å². The van der Waals surface area contributed by atoms with Crippen LogP contribution in [0.25, 0.3) is 0 Å². The summed E-state index contributed by atoms with van der Waals surface area (Å²) < 4.78 is 32.3. The molecule has 2 heterocycles. The zero-order chi connectivity index (χ0) is 15.2. The first-order chi connectivity index (χ1) is 9.23. The summed E-state index contributed by atoms with van der Waals surface area (Å²) in [5, 5.41) is 12.9. The fourth-order valence-electron chi connectivity index (χ4n) is 1.94. The first-order valence-electron chi connectivity index (χ1n) is 5.38. The van der Waals surface area contributed by atoms with Crippen LogP contribution in [0.1, 0.15) is 22.8 Å². The molecule has 0 aromatic carbocycles. The van der Waals surface area contributed by atoms with Crippen molar-refractivity contribution >= 4 is 41.9 Å². The van der Waals surface area contributed by atoms with Crippen molar-refractivity contribution in [2.45, 2.75) is 25.7 Å². The van der Waals surface area contributed by atoms with Crippen LogP contribution in [0.4, 0.5) is 0 Å². The van der Waals surface area contributed by atoms with Gasteiger partial charge in [-0.15, -0.1) is 0 Å². The van der Waals surface area contributed by atoms with Gasteiger partial charge < -0.3 is 4.52 Å². The molecular formula is C11H9Br2N3O3S. The van der Waals surface area contributed by atoms with E-state index in [2.05, 4.69) is 37.0 Å². The molecular weight excluding hydrogens is 414 g/mol. The van der Waals surface area contributed by atoms with Crippen LogP contribution in [0.5, 0.6) is 0 Å². The summed E-state index contributed by atoms with van der Waals surface area (Å²) in [4.78, 5) is -0.0212. The predicted octanol–water partition coefficient (Wildman–Crippen LogP) is 3.04. The molecule has 2 aromatic heterocycles. The van der Waals surface area contributed by atoms with Gasteiger partial charge in [0.2, 0.25) is 0 Å². The average Bonchev–Trinajstić information content (AvgIpc) is 2.82. The SMILES string of the molecule is Cc1noc(C)c1S(=O)(=O)n1c(C)c(Br)c(Br)c1C#N. The lowest BCUT2D eigenvalue weighted by atomic mass is 10.4. The molecule has 0 saturated carbocycles. The molecule has 0 atom stereocenters. The third-order valence-electron chi connectivity index (χ3n) is 2.80. The fraction of sp³-hybridized carbons (Fsp3) is 0.273. The van der Waals surface area contributed by atoms with E-state index in [0.717, 1.165) is 3.97 Å². The van der Waals surface area contributed by atoms with Crippen molar-refractivity contribution in [3.05, 3.63) is 31.8 Å². The number of nitrogens with zero attached hydrogens (tertiary/aromatic N) is 3. The summed E-state index contributed by atoms with van der Waals surface area (Å²) in [6.45, 7) is 4.66. The van der Waals surface area contributed by atoms with Crippen LogP contribution in [-0.4, -0.2) is 17.5 Å². The Morgan fingerprint density at radius 2 is 1.85 bits per heavy atom. The molecule has 106 valence electrons. The van der Waals surface area contributed by atoms with E-state index in [1.54, 1.807) is 13.8 Å². The van der Waals surface area contributed by atoms with Crippen LogP contribution in [0.2, 0.25) is 0 Å². The van der Waals surface area contributed by atoms with Gasteiger partial charge in [-0.25, -0.2) is 12.4 Å². The second kappa shape index (κ2) is 5.02. The van der Waals surface area contributed by atoms with Gasteiger partial charge in [-0.2, -0.15) is 5.26 Å². The van der Waals surface area contributed by atoms with Gasteiger partial charge in [-0.3, -0.25) is 0 Å². The maximum atomic E-state index is 12.8. The molecule has 0 saturated heterocycles. The molecule has 0 unspecified atom stereocenters. The zero-order valence-electron chi connectivity index (χ0n) is 10.7. The van der Waals surface area contributed by atoms with E-state index in [-0.39, 0.29) is 22.0 Å². The quantitative estimate of drug-likeness (QED) is 0.741. The summed E-state index contributed by atoms with van der Waals surface area (Å²) in [5.41, 5.74) is 0.648. The highest BCUT2D eigenvalue weighted by Crippen LogP contribution is 2.36. The Kier molecular flexibility index (Phi) is 3.83. The first-order valence-corrected chi connectivity index (χ1v) is 8.41. The Labute approximate surface area is 132 Å². The van der Waals surface area contributed by atoms with Crippen molar-refractivity contribution in [2.24, 2.45) is 0 Å². The second-order valence-corrected chi connectivity index (χ2v) is 7.41. The van der Waals surface area contributed by atoms with Gasteiger partial charge in [-0.05, 0) is 52.6 Å². The van der Waals surface area contributed by atoms with Crippen molar-refractivity contribution in [3.63, 3.8) is 0 Å². The smallest absolute Gasteiger partial charge is 0.274 e. The number of halogens is 2. The normalized spacial score (nSPS) is 11.6. The molecule has 0 radical (unpaired) electrons. The molecule has 0 bridgehead atoms. The predicted molar refractivity (Wildman–Crippen MR) is 77.8 cm³/mol. The molecule has 2 aromatic rings. The number of aryl methyl sites for hydroxylation is 2. The van der Waals surface area contributed by atoms with E-state index in [0.29, 0.717) is 14.6 Å². The molecule has 0 spiro atoms. The van der Waals surface area contributed by atoms with Crippen molar-refractivity contribution in [2.75, 3.05) is 0 Å². The molecule has 0 aliphatic carbocycles. The van der Waals surface area contributed by atoms with E-state index in [1.807, 2.05) is 6.07 Å². The molecule has 9 heteroatoms. The van der Waals surface area contributed by atoms with Crippen LogP contribution >= 0.6 is 31.9 Å². The van der Waals surface area contributed by atoms with Crippen LogP contribution < -0.4 is 0 Å². The lowest BCUT2D eigenvalue weighted by Gasteiger charge is -2.08. The van der Waals surface area contributed by atoms with E-state index < -0.39 is 10.0 Å². The molecule has 20 heavy (non-hydrogen) atoms. The first kappa shape index (κ1) is 15.3. The number of rotatable bonds is 2. The lowest BCUT2D eigenvalue weighted by Crippen LogP contribution is -2.17. The Morgan fingerprint density at radius 1 is 1.25 bits per heavy atom. The second-order valence-electron chi connectivity index (χ2n) is 4.10. The van der Waals surface area contributed by atoms with Gasteiger partial charge in [0.1, 0.15) is 17.5 Å². The summed E-state index contributed by atoms with van der Waals surface area (Å²) in [6, 6.07) is 1.89. The lowest BCUT2D eigenvalue weighted by molar-refractivity contribution is 0.390. The van der Waals surface area contributed by atoms with Crippen molar-refractivity contribution in [1.29, 1.82) is 5.26 Å². The summed E-state index contributed by atoms with van der Waals surface area (Å²) in [7, 11) is -3.95. The van der Waals surface area contributed by atoms with E-state index >= 15 is 0 Å². The molecule has 0 N–H and O–H groups in total. The summed E-state index contributed by atoms with van der Waals surface area (Å²) in [5.74, 6) is 0.187. The van der Waals surface area contributed by atoms with E-state index in [1.165, 1.54) is 6.92 Å². The Hall–Kier alpha value is -1.11. The monoisotopic (exact) mass is 421 g/mol. The number of hydrogen-bond donors (Lipinski definition) is 0. The maximum Gasteiger partial charge on any atom is 0.274 e. The molecule has 0 amide bonds. The van der Waals surface area contributed by atoms with Gasteiger partial charge in [0.15, 0.2) is 10.7 Å². The van der Waals surface area contributed by atoms with Gasteiger partial charge in [-0.1, -0.05) is 5.16 Å². The van der Waals surface area contributed by atoms with Gasteiger partial charge >= 0.3 is 0 Å². The topological polar surface area (TPSA) is 88.9 Å². The van der Waals surface area contributed by atoms with Crippen LogP contribution in [0, 0.1) is 32.1 Å². The largest absolute Gasteiger partial charge is 0.360 e. The third kappa shape index (κ3) is 2.03. The van der Waals surface area contributed by atoms with Crippen LogP contribution in [0.3, 0.4) is 0 Å². The Balaban J connectivity index is 2.89. The standard InChI is InChI=1S/C11H9Br2N3O3S/c1-5-11(7(3)19-15-5)20(17,18)16-6(2)9(12)10(13)8(16)4-14/h1-3H3. The van der Waals surface area contributed by atoms with Crippen molar-refractivity contribution in [1.82, 2.24) is 9.13 Å². The molecule has 0 aliphatic heterocycles. The summed E-state index contributed by atoms with van der Waals surface area (Å²) >= 11 is 6.47. The number of nitriles is 1. The molecule has 2 rings (SSSR count). The van der Waals surface area contributed by atoms with Crippen LogP contribution in [-0.2, 0) is 10.0 Å². The molecule has 6 nitrogen and oxygen atoms in total. The minimum atomic E-state index is -3.95. The highest BCUT2D eigenvalue weighted by Gasteiger charge is 2.32. The average molecular weight is 423 g/mol.